The van der Waals surface area contributed by atoms with Gasteiger partial charge in [0.25, 0.3) is 0 Å². The molecule has 1 aromatic heterocycles. The van der Waals surface area contributed by atoms with Gasteiger partial charge in [-0.05, 0) is 63.1 Å². The average Bonchev–Trinajstić information content (AvgIpc) is 2.96. The van der Waals surface area contributed by atoms with Crippen molar-refractivity contribution >= 4 is 43.2 Å². The summed E-state index contributed by atoms with van der Waals surface area (Å²) in [6.07, 6.45) is 4.36. The maximum Gasteiger partial charge on any atom is 0.0843 e. The number of thiophene rings is 1. The van der Waals surface area contributed by atoms with Crippen molar-refractivity contribution in [2.75, 3.05) is 6.61 Å². The molecule has 2 atom stereocenters. The van der Waals surface area contributed by atoms with Crippen LogP contribution >= 0.6 is 43.2 Å². The first kappa shape index (κ1) is 12.6. The molecule has 0 spiro atoms. The van der Waals surface area contributed by atoms with Crippen LogP contribution in [-0.4, -0.2) is 18.8 Å². The smallest absolute Gasteiger partial charge is 0.0843 e. The van der Waals surface area contributed by atoms with E-state index >= 15 is 0 Å². The third kappa shape index (κ3) is 2.95. The fourth-order valence-electron chi connectivity index (χ4n) is 2.43. The van der Waals surface area contributed by atoms with Crippen molar-refractivity contribution in [3.63, 3.8) is 0 Å². The lowest BCUT2D eigenvalue weighted by Gasteiger charge is -2.18. The fourth-order valence-corrected chi connectivity index (χ4v) is 4.56. The Bertz CT molecular complexity index is 386. The van der Waals surface area contributed by atoms with Gasteiger partial charge in [0.1, 0.15) is 0 Å². The minimum absolute atomic E-state index is 0.474. The van der Waals surface area contributed by atoms with E-state index in [1.807, 2.05) is 0 Å². The summed E-state index contributed by atoms with van der Waals surface area (Å²) in [5.41, 5.74) is 0. The van der Waals surface area contributed by atoms with Gasteiger partial charge in [0.2, 0.25) is 0 Å². The van der Waals surface area contributed by atoms with Gasteiger partial charge in [-0.2, -0.15) is 0 Å². The summed E-state index contributed by atoms with van der Waals surface area (Å²) in [7, 11) is 0. The highest BCUT2D eigenvalue weighted by Crippen LogP contribution is 2.39. The van der Waals surface area contributed by atoms with Crippen molar-refractivity contribution in [3.8, 4) is 0 Å². The highest BCUT2D eigenvalue weighted by atomic mass is 79.9. The van der Waals surface area contributed by atoms with Crippen LogP contribution in [0.15, 0.2) is 14.3 Å². The highest BCUT2D eigenvalue weighted by molar-refractivity contribution is 9.13. The van der Waals surface area contributed by atoms with Gasteiger partial charge in [-0.25, -0.2) is 0 Å². The monoisotopic (exact) mass is 379 g/mol. The van der Waals surface area contributed by atoms with E-state index in [9.17, 15) is 0 Å². The minimum Gasteiger partial charge on any atom is -0.376 e. The van der Waals surface area contributed by atoms with Gasteiger partial charge in [-0.1, -0.05) is 0 Å². The molecule has 1 aliphatic heterocycles. The first-order valence-corrected chi connectivity index (χ1v) is 8.43. The number of hydrogen-bond donors (Lipinski definition) is 1. The van der Waals surface area contributed by atoms with E-state index in [1.54, 1.807) is 11.3 Å². The Labute approximate surface area is 122 Å². The number of halogens is 2. The van der Waals surface area contributed by atoms with Crippen LogP contribution in [0.3, 0.4) is 0 Å². The lowest BCUT2D eigenvalue weighted by Crippen LogP contribution is -2.36. The summed E-state index contributed by atoms with van der Waals surface area (Å²) in [5.74, 6) is 0.830. The van der Waals surface area contributed by atoms with Gasteiger partial charge < -0.3 is 10.1 Å². The lowest BCUT2D eigenvalue weighted by atomic mass is 10.1. The Morgan fingerprint density at radius 1 is 1.35 bits per heavy atom. The second-order valence-electron chi connectivity index (χ2n) is 4.78. The molecule has 2 nitrogen and oxygen atoms in total. The van der Waals surface area contributed by atoms with Crippen LogP contribution in [0.2, 0.25) is 0 Å². The Kier molecular flexibility index (Phi) is 3.92. The van der Waals surface area contributed by atoms with Gasteiger partial charge >= 0.3 is 0 Å². The Hall–Kier alpha value is 0.580. The molecule has 0 bridgehead atoms. The summed E-state index contributed by atoms with van der Waals surface area (Å²) < 4.78 is 8.16. The maximum atomic E-state index is 5.83. The van der Waals surface area contributed by atoms with E-state index in [1.165, 1.54) is 21.5 Å². The number of ether oxygens (including phenoxy) is 1. The van der Waals surface area contributed by atoms with Crippen LogP contribution in [0.5, 0.6) is 0 Å². The molecule has 1 aliphatic carbocycles. The standard InChI is InChI=1S/C12H15Br2NOS/c13-9-5-8(17-12(9)14)6-15-10-3-4-16-11(10)7-1-2-7/h5,7,10-11,15H,1-4,6H2. The van der Waals surface area contributed by atoms with Crippen LogP contribution in [0.4, 0.5) is 0 Å². The molecule has 5 heteroatoms. The van der Waals surface area contributed by atoms with Crippen LogP contribution in [0, 0.1) is 5.92 Å². The molecule has 0 aromatic carbocycles. The molecule has 2 unspecified atom stereocenters. The second-order valence-corrected chi connectivity index (χ2v) is 8.09. The first-order valence-electron chi connectivity index (χ1n) is 6.03. The molecular formula is C12H15Br2NOS. The molecule has 1 aromatic rings. The van der Waals surface area contributed by atoms with E-state index < -0.39 is 0 Å². The zero-order valence-corrected chi connectivity index (χ0v) is 13.4. The Morgan fingerprint density at radius 3 is 2.82 bits per heavy atom. The summed E-state index contributed by atoms with van der Waals surface area (Å²) in [4.78, 5) is 1.37. The second kappa shape index (κ2) is 5.29. The Morgan fingerprint density at radius 2 is 2.18 bits per heavy atom. The van der Waals surface area contributed by atoms with E-state index in [4.69, 9.17) is 4.74 Å². The van der Waals surface area contributed by atoms with Crippen molar-refractivity contribution in [2.45, 2.75) is 38.0 Å². The maximum absolute atomic E-state index is 5.83. The van der Waals surface area contributed by atoms with Crippen LogP contribution < -0.4 is 5.32 Å². The third-order valence-corrected chi connectivity index (χ3v) is 6.71. The molecule has 94 valence electrons. The largest absolute Gasteiger partial charge is 0.376 e. The number of rotatable bonds is 4. The molecule has 1 saturated carbocycles. The molecule has 2 fully saturated rings. The molecule has 1 saturated heterocycles. The van der Waals surface area contributed by atoms with Gasteiger partial charge in [0, 0.05) is 28.5 Å². The third-order valence-electron chi connectivity index (χ3n) is 3.46. The predicted molar refractivity (Wildman–Crippen MR) is 77.4 cm³/mol. The Balaban J connectivity index is 1.56. The molecule has 17 heavy (non-hydrogen) atoms. The van der Waals surface area contributed by atoms with Gasteiger partial charge in [0.05, 0.1) is 9.89 Å². The number of nitrogens with one attached hydrogen (secondary N) is 1. The van der Waals surface area contributed by atoms with Crippen molar-refractivity contribution in [1.29, 1.82) is 0 Å². The van der Waals surface area contributed by atoms with Gasteiger partial charge in [0.15, 0.2) is 0 Å². The lowest BCUT2D eigenvalue weighted by molar-refractivity contribution is 0.0809. The normalized spacial score (nSPS) is 28.8. The van der Waals surface area contributed by atoms with Crippen molar-refractivity contribution in [2.24, 2.45) is 5.92 Å². The van der Waals surface area contributed by atoms with Gasteiger partial charge in [-0.15, -0.1) is 11.3 Å². The van der Waals surface area contributed by atoms with E-state index in [0.29, 0.717) is 12.1 Å². The quantitative estimate of drug-likeness (QED) is 0.854. The van der Waals surface area contributed by atoms with E-state index in [2.05, 4.69) is 43.2 Å². The minimum atomic E-state index is 0.474. The molecule has 2 aliphatic rings. The zero-order valence-electron chi connectivity index (χ0n) is 9.42. The SMILES string of the molecule is Brc1cc(CNC2CCOC2C2CC2)sc1Br. The van der Waals surface area contributed by atoms with Crippen LogP contribution in [-0.2, 0) is 11.3 Å². The van der Waals surface area contributed by atoms with E-state index in [-0.39, 0.29) is 0 Å². The van der Waals surface area contributed by atoms with E-state index in [0.717, 1.165) is 30.0 Å². The van der Waals surface area contributed by atoms with Crippen molar-refractivity contribution < 1.29 is 4.74 Å². The fraction of sp³-hybridized carbons (Fsp3) is 0.667. The summed E-state index contributed by atoms with van der Waals surface area (Å²) >= 11 is 8.85. The molecule has 0 amide bonds. The molecule has 1 N–H and O–H groups in total. The van der Waals surface area contributed by atoms with Crippen LogP contribution in [0.25, 0.3) is 0 Å². The molecule has 0 radical (unpaired) electrons. The summed E-state index contributed by atoms with van der Waals surface area (Å²) in [6, 6.07) is 2.74. The topological polar surface area (TPSA) is 21.3 Å². The zero-order chi connectivity index (χ0) is 11.8. The number of hydrogen-bond acceptors (Lipinski definition) is 3. The first-order chi connectivity index (χ1) is 8.24. The van der Waals surface area contributed by atoms with Gasteiger partial charge in [-0.3, -0.25) is 0 Å². The average molecular weight is 381 g/mol. The molecule has 3 rings (SSSR count). The van der Waals surface area contributed by atoms with Crippen molar-refractivity contribution in [1.82, 2.24) is 5.32 Å². The summed E-state index contributed by atoms with van der Waals surface area (Å²) in [6.45, 7) is 1.88. The molecular weight excluding hydrogens is 366 g/mol. The highest BCUT2D eigenvalue weighted by Gasteiger charge is 2.40. The predicted octanol–water partition coefficient (Wildman–Crippen LogP) is 3.93. The summed E-state index contributed by atoms with van der Waals surface area (Å²) in [5, 5.41) is 3.65. The molecule has 2 heterocycles. The van der Waals surface area contributed by atoms with Crippen molar-refractivity contribution in [3.05, 3.63) is 19.2 Å². The van der Waals surface area contributed by atoms with Crippen LogP contribution in [0.1, 0.15) is 24.1 Å².